The normalized spacial score (nSPS) is 12.4. The first-order valence-corrected chi connectivity index (χ1v) is 10.0. The summed E-state index contributed by atoms with van der Waals surface area (Å²) in [5, 5.41) is 17.4. The molecule has 0 saturated carbocycles. The summed E-state index contributed by atoms with van der Waals surface area (Å²) in [6.07, 6.45) is 10.7. The fourth-order valence-electron chi connectivity index (χ4n) is 4.12. The van der Waals surface area contributed by atoms with Gasteiger partial charge in [0, 0.05) is 6.42 Å². The SMILES string of the molecule is C=CC(C)(C)C(CCCCCCCCCC(=O)OO)(C(=O)OO)C(C)(C)C=C. The highest BCUT2D eigenvalue weighted by Crippen LogP contribution is 2.57. The molecule has 6 heteroatoms. The molecule has 162 valence electrons. The van der Waals surface area contributed by atoms with Crippen LogP contribution in [0.15, 0.2) is 25.3 Å². The Bertz CT molecular complexity index is 501. The highest BCUT2D eigenvalue weighted by atomic mass is 17.1. The third kappa shape index (κ3) is 6.45. The lowest BCUT2D eigenvalue weighted by molar-refractivity contribution is -0.257. The van der Waals surface area contributed by atoms with Crippen LogP contribution in [0.2, 0.25) is 0 Å². The number of rotatable bonds is 15. The van der Waals surface area contributed by atoms with Gasteiger partial charge in [-0.2, -0.15) is 10.5 Å². The number of carbonyl (C=O) groups is 2. The smallest absolute Gasteiger partial charge is 0.301 e. The fraction of sp³-hybridized carbons (Fsp3) is 0.727. The van der Waals surface area contributed by atoms with Gasteiger partial charge in [-0.3, -0.25) is 0 Å². The molecule has 0 rings (SSSR count). The van der Waals surface area contributed by atoms with Gasteiger partial charge in [0.15, 0.2) is 0 Å². The third-order valence-electron chi connectivity index (χ3n) is 6.19. The molecule has 0 atom stereocenters. The van der Waals surface area contributed by atoms with Crippen LogP contribution in [0.5, 0.6) is 0 Å². The summed E-state index contributed by atoms with van der Waals surface area (Å²) in [7, 11) is 0. The van der Waals surface area contributed by atoms with Crippen LogP contribution < -0.4 is 0 Å². The van der Waals surface area contributed by atoms with Crippen LogP contribution in [0.1, 0.15) is 85.5 Å². The quantitative estimate of drug-likeness (QED) is 0.153. The average molecular weight is 399 g/mol. The second-order valence-corrected chi connectivity index (χ2v) is 8.57. The lowest BCUT2D eigenvalue weighted by atomic mass is 9.51. The van der Waals surface area contributed by atoms with Crippen LogP contribution in [0.4, 0.5) is 0 Å². The van der Waals surface area contributed by atoms with Crippen molar-refractivity contribution in [3.8, 4) is 0 Å². The van der Waals surface area contributed by atoms with Crippen molar-refractivity contribution < 1.29 is 29.9 Å². The molecule has 0 aromatic rings. The zero-order valence-electron chi connectivity index (χ0n) is 18.0. The van der Waals surface area contributed by atoms with Crippen LogP contribution in [-0.2, 0) is 19.4 Å². The molecule has 0 aliphatic carbocycles. The summed E-state index contributed by atoms with van der Waals surface area (Å²) >= 11 is 0. The standard InChI is InChI=1S/C22H38O6/c1-7-20(3,4)22(19(24)28-26,21(5,6)8-2)17-15-13-11-9-10-12-14-16-18(23)27-25/h7-8,25-26H,1-2,9-17H2,3-6H3. The minimum atomic E-state index is -0.983. The molecular weight excluding hydrogens is 360 g/mol. The lowest BCUT2D eigenvalue weighted by Crippen LogP contribution is -2.53. The predicted octanol–water partition coefficient (Wildman–Crippen LogP) is 5.94. The van der Waals surface area contributed by atoms with E-state index in [0.717, 1.165) is 38.5 Å². The molecular formula is C22H38O6. The van der Waals surface area contributed by atoms with Crippen LogP contribution in [0, 0.1) is 16.2 Å². The van der Waals surface area contributed by atoms with Gasteiger partial charge in [0.05, 0.1) is 5.41 Å². The molecule has 0 aliphatic heterocycles. The number of hydrogen-bond donors (Lipinski definition) is 2. The molecule has 6 nitrogen and oxygen atoms in total. The third-order valence-corrected chi connectivity index (χ3v) is 6.19. The molecule has 0 radical (unpaired) electrons. The van der Waals surface area contributed by atoms with Gasteiger partial charge >= 0.3 is 11.9 Å². The fourth-order valence-corrected chi connectivity index (χ4v) is 4.12. The highest BCUT2D eigenvalue weighted by molar-refractivity contribution is 5.79. The first-order valence-electron chi connectivity index (χ1n) is 10.0. The van der Waals surface area contributed by atoms with Gasteiger partial charge in [-0.25, -0.2) is 9.59 Å². The van der Waals surface area contributed by atoms with Crippen LogP contribution in [0.25, 0.3) is 0 Å². The second-order valence-electron chi connectivity index (χ2n) is 8.57. The van der Waals surface area contributed by atoms with Gasteiger partial charge in [0.1, 0.15) is 0 Å². The zero-order chi connectivity index (χ0) is 21.8. The van der Waals surface area contributed by atoms with Crippen molar-refractivity contribution in [1.82, 2.24) is 0 Å². The van der Waals surface area contributed by atoms with E-state index in [1.165, 1.54) is 0 Å². The van der Waals surface area contributed by atoms with Crippen molar-refractivity contribution >= 4 is 11.9 Å². The minimum absolute atomic E-state index is 0.232. The van der Waals surface area contributed by atoms with E-state index in [1.807, 2.05) is 27.7 Å². The van der Waals surface area contributed by atoms with Gasteiger partial charge < -0.3 is 9.78 Å². The van der Waals surface area contributed by atoms with Crippen molar-refractivity contribution in [3.05, 3.63) is 25.3 Å². The van der Waals surface area contributed by atoms with E-state index in [-0.39, 0.29) is 6.42 Å². The Morgan fingerprint density at radius 1 is 0.786 bits per heavy atom. The summed E-state index contributed by atoms with van der Waals surface area (Å²) in [4.78, 5) is 31.5. The Morgan fingerprint density at radius 3 is 1.61 bits per heavy atom. The lowest BCUT2D eigenvalue weighted by Gasteiger charge is -2.51. The molecule has 0 amide bonds. The molecule has 0 spiro atoms. The molecule has 0 saturated heterocycles. The molecule has 28 heavy (non-hydrogen) atoms. The monoisotopic (exact) mass is 398 g/mol. The molecule has 0 aromatic heterocycles. The van der Waals surface area contributed by atoms with Crippen LogP contribution in [-0.4, -0.2) is 22.5 Å². The Balaban J connectivity index is 4.80. The molecule has 0 unspecified atom stereocenters. The summed E-state index contributed by atoms with van der Waals surface area (Å²) in [6.45, 7) is 15.5. The summed E-state index contributed by atoms with van der Waals surface area (Å²) < 4.78 is 0. The Hall–Kier alpha value is -1.66. The van der Waals surface area contributed by atoms with Crippen molar-refractivity contribution in [2.24, 2.45) is 16.2 Å². The summed E-state index contributed by atoms with van der Waals surface area (Å²) in [5.74, 6) is -1.25. The second kappa shape index (κ2) is 12.0. The van der Waals surface area contributed by atoms with Crippen molar-refractivity contribution in [3.63, 3.8) is 0 Å². The molecule has 0 fully saturated rings. The van der Waals surface area contributed by atoms with E-state index in [4.69, 9.17) is 5.26 Å². The summed E-state index contributed by atoms with van der Waals surface area (Å²) in [5.41, 5.74) is -2.19. The van der Waals surface area contributed by atoms with Crippen LogP contribution >= 0.6 is 0 Å². The van der Waals surface area contributed by atoms with E-state index in [0.29, 0.717) is 12.8 Å². The maximum absolute atomic E-state index is 12.7. The van der Waals surface area contributed by atoms with E-state index in [2.05, 4.69) is 22.9 Å². The highest BCUT2D eigenvalue weighted by Gasteiger charge is 2.58. The average Bonchev–Trinajstić information content (AvgIpc) is 2.68. The first kappa shape index (κ1) is 26.3. The molecule has 0 bridgehead atoms. The van der Waals surface area contributed by atoms with Crippen molar-refractivity contribution in [1.29, 1.82) is 0 Å². The maximum atomic E-state index is 12.7. The summed E-state index contributed by atoms with van der Waals surface area (Å²) in [6, 6.07) is 0. The van der Waals surface area contributed by atoms with Crippen LogP contribution in [0.3, 0.4) is 0 Å². The van der Waals surface area contributed by atoms with Gasteiger partial charge in [0.2, 0.25) is 0 Å². The van der Waals surface area contributed by atoms with Crippen molar-refractivity contribution in [2.45, 2.75) is 85.5 Å². The van der Waals surface area contributed by atoms with E-state index < -0.39 is 28.2 Å². The number of carbonyl (C=O) groups excluding carboxylic acids is 2. The first-order chi connectivity index (χ1) is 13.1. The molecule has 0 aliphatic rings. The minimum Gasteiger partial charge on any atom is -0.301 e. The zero-order valence-corrected chi connectivity index (χ0v) is 18.0. The van der Waals surface area contributed by atoms with E-state index >= 15 is 0 Å². The predicted molar refractivity (Wildman–Crippen MR) is 109 cm³/mol. The van der Waals surface area contributed by atoms with Crippen molar-refractivity contribution in [2.75, 3.05) is 0 Å². The Kier molecular flexibility index (Phi) is 11.3. The van der Waals surface area contributed by atoms with Gasteiger partial charge in [-0.05, 0) is 23.7 Å². The van der Waals surface area contributed by atoms with E-state index in [1.54, 1.807) is 12.2 Å². The van der Waals surface area contributed by atoms with E-state index in [9.17, 15) is 14.8 Å². The Morgan fingerprint density at radius 2 is 1.21 bits per heavy atom. The van der Waals surface area contributed by atoms with Gasteiger partial charge in [0.25, 0.3) is 0 Å². The number of allylic oxidation sites excluding steroid dienone is 2. The topological polar surface area (TPSA) is 93.1 Å². The van der Waals surface area contributed by atoms with Gasteiger partial charge in [-0.15, -0.1) is 13.2 Å². The molecule has 0 heterocycles. The molecule has 0 aromatic carbocycles. The Labute approximate surface area is 169 Å². The largest absolute Gasteiger partial charge is 0.349 e. The number of unbranched alkanes of at least 4 members (excludes halogenated alkanes) is 6. The van der Waals surface area contributed by atoms with Gasteiger partial charge in [-0.1, -0.05) is 78.4 Å². The number of hydrogen-bond acceptors (Lipinski definition) is 6. The molecule has 2 N–H and O–H groups in total. The maximum Gasteiger partial charge on any atom is 0.349 e.